The van der Waals surface area contributed by atoms with Gasteiger partial charge in [0.15, 0.2) is 5.82 Å². The number of aliphatic hydroxyl groups is 1. The van der Waals surface area contributed by atoms with E-state index >= 15 is 0 Å². The minimum Gasteiger partial charge on any atom is -0.390 e. The van der Waals surface area contributed by atoms with Crippen LogP contribution < -0.4 is 0 Å². The highest BCUT2D eigenvalue weighted by Gasteiger charge is 2.61. The Hall–Kier alpha value is -0.970. The smallest absolute Gasteiger partial charge is 0.171 e. The molecular formula is C27H46N4O. The molecule has 0 radical (unpaired) electrons. The highest BCUT2D eigenvalue weighted by Crippen LogP contribution is 2.68. The number of hydrogen-bond donors (Lipinski definition) is 1. The van der Waals surface area contributed by atoms with Gasteiger partial charge in [-0.25, -0.2) is 0 Å². The normalized spacial score (nSPS) is 46.9. The van der Waals surface area contributed by atoms with Gasteiger partial charge in [0.25, 0.3) is 0 Å². The number of aromatic nitrogens is 4. The lowest BCUT2D eigenvalue weighted by Gasteiger charge is -2.62. The van der Waals surface area contributed by atoms with E-state index in [9.17, 15) is 5.11 Å². The maximum atomic E-state index is 11.2. The first-order valence-electron chi connectivity index (χ1n) is 13.7. The van der Waals surface area contributed by atoms with E-state index < -0.39 is 0 Å². The molecule has 4 aliphatic carbocycles. The molecular weight excluding hydrogens is 396 g/mol. The molecule has 0 saturated heterocycles. The Kier molecular flexibility index (Phi) is 5.74. The maximum absolute atomic E-state index is 11.2. The number of fused-ring (bicyclic) bond motifs is 5. The lowest BCUT2D eigenvalue weighted by molar-refractivity contribution is -0.154. The van der Waals surface area contributed by atoms with Crippen molar-refractivity contribution in [3.05, 3.63) is 5.82 Å². The summed E-state index contributed by atoms with van der Waals surface area (Å²) in [6, 6.07) is 0. The van der Waals surface area contributed by atoms with E-state index in [0.29, 0.717) is 16.7 Å². The molecule has 4 fully saturated rings. The predicted octanol–water partition coefficient (Wildman–Crippen LogP) is 5.81. The first-order chi connectivity index (χ1) is 15.2. The largest absolute Gasteiger partial charge is 0.390 e. The van der Waals surface area contributed by atoms with Crippen molar-refractivity contribution < 1.29 is 5.11 Å². The first-order valence-corrected chi connectivity index (χ1v) is 13.7. The average molecular weight is 443 g/mol. The standard InChI is InChI=1S/C27H46N4O/c1-6-12-27(32)15-14-25(4)20(16-27)7-8-21-23-10-9-22(26(23,5)13-11-24(21)25)18(2)17-31-29-19(3)28-30-31/h18,20-24,32H,6-17H2,1-5H3/t18?,20-,21+,22-,23+,24+,25+,26-,27-/m1/s1. The van der Waals surface area contributed by atoms with Gasteiger partial charge in [0.1, 0.15) is 0 Å². The summed E-state index contributed by atoms with van der Waals surface area (Å²) >= 11 is 0. The average Bonchev–Trinajstić information content (AvgIpc) is 3.31. The van der Waals surface area contributed by atoms with Crippen LogP contribution in [0.1, 0.15) is 104 Å². The molecule has 0 bridgehead atoms. The van der Waals surface area contributed by atoms with Crippen LogP contribution >= 0.6 is 0 Å². The number of tetrazole rings is 1. The van der Waals surface area contributed by atoms with Crippen LogP contribution in [0.4, 0.5) is 0 Å². The summed E-state index contributed by atoms with van der Waals surface area (Å²) in [5.41, 5.74) is 0.545. The van der Waals surface area contributed by atoms with Gasteiger partial charge in [-0.05, 0) is 123 Å². The van der Waals surface area contributed by atoms with Gasteiger partial charge in [0.05, 0.1) is 12.1 Å². The lowest BCUT2D eigenvalue weighted by Crippen LogP contribution is -2.56. The Balaban J connectivity index is 1.31. The molecule has 0 amide bonds. The van der Waals surface area contributed by atoms with E-state index in [4.69, 9.17) is 0 Å². The minimum atomic E-state index is -0.378. The van der Waals surface area contributed by atoms with E-state index in [1.165, 1.54) is 44.9 Å². The second-order valence-corrected chi connectivity index (χ2v) is 12.9. The molecule has 5 heteroatoms. The van der Waals surface area contributed by atoms with Gasteiger partial charge in [-0.3, -0.25) is 0 Å². The molecule has 1 heterocycles. The molecule has 4 saturated carbocycles. The molecule has 0 spiro atoms. The fraction of sp³-hybridized carbons (Fsp3) is 0.963. The van der Waals surface area contributed by atoms with Gasteiger partial charge in [0.2, 0.25) is 0 Å². The van der Waals surface area contributed by atoms with Gasteiger partial charge < -0.3 is 5.11 Å². The summed E-state index contributed by atoms with van der Waals surface area (Å²) in [6.07, 6.45) is 13.8. The van der Waals surface area contributed by atoms with Crippen molar-refractivity contribution in [3.8, 4) is 0 Å². The number of nitrogens with zero attached hydrogens (tertiary/aromatic N) is 4. The molecule has 4 aliphatic rings. The second-order valence-electron chi connectivity index (χ2n) is 12.9. The van der Waals surface area contributed by atoms with Crippen molar-refractivity contribution in [1.29, 1.82) is 0 Å². The number of rotatable bonds is 5. The van der Waals surface area contributed by atoms with Crippen LogP contribution in [0.3, 0.4) is 0 Å². The molecule has 1 aromatic heterocycles. The SMILES string of the molecule is CCC[C@@]1(O)CC[C@@]2(C)[C@H](CC[C@@H]3[C@@H]2CC[C@]2(C)[C@@H](C(C)Cn4nnc(C)n4)CC[C@@H]32)C1. The van der Waals surface area contributed by atoms with E-state index in [0.717, 1.165) is 67.6 Å². The van der Waals surface area contributed by atoms with Crippen LogP contribution in [0, 0.1) is 53.3 Å². The van der Waals surface area contributed by atoms with Crippen molar-refractivity contribution in [2.45, 2.75) is 117 Å². The third-order valence-corrected chi connectivity index (χ3v) is 11.3. The quantitative estimate of drug-likeness (QED) is 0.625. The van der Waals surface area contributed by atoms with Crippen molar-refractivity contribution in [3.63, 3.8) is 0 Å². The summed E-state index contributed by atoms with van der Waals surface area (Å²) in [5, 5.41) is 24.0. The monoisotopic (exact) mass is 442 g/mol. The van der Waals surface area contributed by atoms with Crippen LogP contribution in [0.25, 0.3) is 0 Å². The van der Waals surface area contributed by atoms with Gasteiger partial charge in [-0.1, -0.05) is 34.1 Å². The molecule has 1 aromatic rings. The summed E-state index contributed by atoms with van der Waals surface area (Å²) in [6.45, 7) is 12.7. The van der Waals surface area contributed by atoms with Gasteiger partial charge in [0, 0.05) is 0 Å². The van der Waals surface area contributed by atoms with Crippen LogP contribution in [-0.2, 0) is 6.54 Å². The van der Waals surface area contributed by atoms with Gasteiger partial charge in [-0.15, -0.1) is 10.2 Å². The van der Waals surface area contributed by atoms with Crippen molar-refractivity contribution in [2.75, 3.05) is 0 Å². The zero-order valence-corrected chi connectivity index (χ0v) is 21.2. The molecule has 0 aliphatic heterocycles. The predicted molar refractivity (Wildman–Crippen MR) is 127 cm³/mol. The van der Waals surface area contributed by atoms with Crippen molar-refractivity contribution >= 4 is 0 Å². The molecule has 5 nitrogen and oxygen atoms in total. The summed E-state index contributed by atoms with van der Waals surface area (Å²) in [5.74, 6) is 5.53. The highest BCUT2D eigenvalue weighted by molar-refractivity contribution is 5.10. The van der Waals surface area contributed by atoms with Crippen LogP contribution in [0.2, 0.25) is 0 Å². The molecule has 1 unspecified atom stereocenters. The van der Waals surface area contributed by atoms with Crippen molar-refractivity contribution in [1.82, 2.24) is 20.2 Å². The summed E-state index contributed by atoms with van der Waals surface area (Å²) in [7, 11) is 0. The Labute approximate surface area is 195 Å². The van der Waals surface area contributed by atoms with E-state index in [2.05, 4.69) is 43.1 Å². The van der Waals surface area contributed by atoms with E-state index in [1.54, 1.807) is 0 Å². The maximum Gasteiger partial charge on any atom is 0.171 e. The van der Waals surface area contributed by atoms with E-state index in [1.807, 2.05) is 11.7 Å². The zero-order chi connectivity index (χ0) is 22.7. The molecule has 180 valence electrons. The van der Waals surface area contributed by atoms with Crippen LogP contribution in [-0.4, -0.2) is 30.9 Å². The molecule has 32 heavy (non-hydrogen) atoms. The second kappa shape index (κ2) is 8.06. The minimum absolute atomic E-state index is 0.378. The number of hydrogen-bond acceptors (Lipinski definition) is 4. The van der Waals surface area contributed by atoms with E-state index in [-0.39, 0.29) is 5.60 Å². The third-order valence-electron chi connectivity index (χ3n) is 11.3. The van der Waals surface area contributed by atoms with Crippen LogP contribution in [0.15, 0.2) is 0 Å². The Morgan fingerprint density at radius 1 is 1.03 bits per heavy atom. The van der Waals surface area contributed by atoms with Crippen LogP contribution in [0.5, 0.6) is 0 Å². The number of aryl methyl sites for hydroxylation is 1. The lowest BCUT2D eigenvalue weighted by atomic mass is 9.43. The third kappa shape index (κ3) is 3.56. The first kappa shape index (κ1) is 22.8. The Morgan fingerprint density at radius 3 is 2.53 bits per heavy atom. The molecule has 0 aromatic carbocycles. The fourth-order valence-electron chi connectivity index (χ4n) is 9.78. The fourth-order valence-corrected chi connectivity index (χ4v) is 9.78. The summed E-state index contributed by atoms with van der Waals surface area (Å²) < 4.78 is 0. The summed E-state index contributed by atoms with van der Waals surface area (Å²) in [4.78, 5) is 1.83. The molecule has 1 N–H and O–H groups in total. The van der Waals surface area contributed by atoms with Gasteiger partial charge in [-0.2, -0.15) is 4.80 Å². The topological polar surface area (TPSA) is 63.8 Å². The zero-order valence-electron chi connectivity index (χ0n) is 21.2. The Bertz CT molecular complexity index is 824. The molecule has 9 atom stereocenters. The van der Waals surface area contributed by atoms with Crippen molar-refractivity contribution in [2.24, 2.45) is 46.3 Å². The molecule has 5 rings (SSSR count). The highest BCUT2D eigenvalue weighted by atomic mass is 16.3. The Morgan fingerprint density at radius 2 is 1.81 bits per heavy atom. The van der Waals surface area contributed by atoms with Gasteiger partial charge >= 0.3 is 0 Å².